The van der Waals surface area contributed by atoms with Crippen molar-refractivity contribution >= 4 is 38.9 Å². The van der Waals surface area contributed by atoms with E-state index in [4.69, 9.17) is 16.3 Å². The van der Waals surface area contributed by atoms with Crippen molar-refractivity contribution in [3.63, 3.8) is 0 Å². The van der Waals surface area contributed by atoms with Gasteiger partial charge in [-0.1, -0.05) is 23.7 Å². The van der Waals surface area contributed by atoms with Gasteiger partial charge in [-0.25, -0.2) is 8.42 Å². The van der Waals surface area contributed by atoms with Crippen LogP contribution in [0.2, 0.25) is 5.02 Å². The first kappa shape index (κ1) is 20.7. The molecule has 3 rings (SSSR count). The van der Waals surface area contributed by atoms with Gasteiger partial charge in [0.15, 0.2) is 0 Å². The van der Waals surface area contributed by atoms with Crippen molar-refractivity contribution in [2.24, 2.45) is 0 Å². The fourth-order valence-electron chi connectivity index (χ4n) is 2.67. The zero-order valence-corrected chi connectivity index (χ0v) is 17.3. The SMILES string of the molecule is COc1ccc(NS(=O)(=O)c2cc(NC(=O)c3cccc(Cl)c3)ccc2C)cc1. The van der Waals surface area contributed by atoms with Gasteiger partial charge in [0.05, 0.1) is 12.0 Å². The highest BCUT2D eigenvalue weighted by atomic mass is 35.5. The van der Waals surface area contributed by atoms with Crippen LogP contribution in [0, 0.1) is 6.92 Å². The van der Waals surface area contributed by atoms with Gasteiger partial charge < -0.3 is 10.1 Å². The topological polar surface area (TPSA) is 84.5 Å². The van der Waals surface area contributed by atoms with Gasteiger partial charge in [-0.3, -0.25) is 9.52 Å². The summed E-state index contributed by atoms with van der Waals surface area (Å²) in [6.07, 6.45) is 0. The van der Waals surface area contributed by atoms with E-state index < -0.39 is 10.0 Å². The molecule has 0 unspecified atom stereocenters. The molecule has 0 aliphatic rings. The molecule has 0 saturated carbocycles. The molecular formula is C21H19ClN2O4S. The van der Waals surface area contributed by atoms with Crippen LogP contribution in [0.5, 0.6) is 5.75 Å². The Morgan fingerprint density at radius 1 is 0.966 bits per heavy atom. The van der Waals surface area contributed by atoms with Gasteiger partial charge in [0.2, 0.25) is 0 Å². The maximum Gasteiger partial charge on any atom is 0.262 e. The second-order valence-corrected chi connectivity index (χ2v) is 8.37. The number of ether oxygens (including phenoxy) is 1. The van der Waals surface area contributed by atoms with Crippen molar-refractivity contribution < 1.29 is 17.9 Å². The van der Waals surface area contributed by atoms with Crippen LogP contribution in [0.15, 0.2) is 71.6 Å². The summed E-state index contributed by atoms with van der Waals surface area (Å²) in [5.41, 5.74) is 1.68. The molecular weight excluding hydrogens is 412 g/mol. The number of carbonyl (C=O) groups is 1. The predicted molar refractivity (Wildman–Crippen MR) is 114 cm³/mol. The van der Waals surface area contributed by atoms with Crippen LogP contribution >= 0.6 is 11.6 Å². The quantitative estimate of drug-likeness (QED) is 0.593. The monoisotopic (exact) mass is 430 g/mol. The fourth-order valence-corrected chi connectivity index (χ4v) is 4.19. The second kappa shape index (κ2) is 8.55. The first-order valence-electron chi connectivity index (χ1n) is 8.63. The zero-order chi connectivity index (χ0) is 21.0. The molecule has 0 aliphatic carbocycles. The van der Waals surface area contributed by atoms with E-state index in [-0.39, 0.29) is 10.8 Å². The third-order valence-electron chi connectivity index (χ3n) is 4.16. The van der Waals surface area contributed by atoms with Crippen molar-refractivity contribution in [1.82, 2.24) is 0 Å². The lowest BCUT2D eigenvalue weighted by Crippen LogP contribution is -2.16. The van der Waals surface area contributed by atoms with Gasteiger partial charge in [-0.2, -0.15) is 0 Å². The van der Waals surface area contributed by atoms with Gasteiger partial charge in [0.25, 0.3) is 15.9 Å². The molecule has 0 bridgehead atoms. The molecule has 29 heavy (non-hydrogen) atoms. The summed E-state index contributed by atoms with van der Waals surface area (Å²) in [6, 6.07) is 17.7. The number of rotatable bonds is 6. The Labute approximate surface area is 174 Å². The summed E-state index contributed by atoms with van der Waals surface area (Å²) in [6.45, 7) is 1.69. The fraction of sp³-hybridized carbons (Fsp3) is 0.0952. The Hall–Kier alpha value is -3.03. The lowest BCUT2D eigenvalue weighted by atomic mass is 10.2. The molecule has 3 aromatic rings. The van der Waals surface area contributed by atoms with Gasteiger partial charge in [0.1, 0.15) is 5.75 Å². The highest BCUT2D eigenvalue weighted by Crippen LogP contribution is 2.24. The lowest BCUT2D eigenvalue weighted by Gasteiger charge is -2.13. The van der Waals surface area contributed by atoms with Crippen LogP contribution in [0.4, 0.5) is 11.4 Å². The molecule has 0 atom stereocenters. The number of aryl methyl sites for hydroxylation is 1. The van der Waals surface area contributed by atoms with E-state index >= 15 is 0 Å². The Morgan fingerprint density at radius 3 is 2.31 bits per heavy atom. The minimum Gasteiger partial charge on any atom is -0.497 e. The van der Waals surface area contributed by atoms with Crippen LogP contribution in [0.25, 0.3) is 0 Å². The molecule has 150 valence electrons. The maximum atomic E-state index is 12.9. The molecule has 0 radical (unpaired) electrons. The van der Waals surface area contributed by atoms with Crippen LogP contribution in [-0.4, -0.2) is 21.4 Å². The predicted octanol–water partition coefficient (Wildman–Crippen LogP) is 4.71. The molecule has 2 N–H and O–H groups in total. The Bertz CT molecular complexity index is 1150. The number of nitrogens with one attached hydrogen (secondary N) is 2. The second-order valence-electron chi connectivity index (χ2n) is 6.28. The standard InChI is InChI=1S/C21H19ClN2O4S/c1-14-6-7-18(23-21(25)15-4-3-5-16(22)12-15)13-20(14)29(26,27)24-17-8-10-19(28-2)11-9-17/h3-13,24H,1-2H3,(H,23,25). The first-order chi connectivity index (χ1) is 13.8. The molecule has 0 spiro atoms. The molecule has 0 aliphatic heterocycles. The van der Waals surface area contributed by atoms with Crippen molar-refractivity contribution in [3.8, 4) is 5.75 Å². The van der Waals surface area contributed by atoms with Crippen LogP contribution in [-0.2, 0) is 10.0 Å². The minimum absolute atomic E-state index is 0.0669. The summed E-state index contributed by atoms with van der Waals surface area (Å²) in [5.74, 6) is 0.234. The average molecular weight is 431 g/mol. The number of amides is 1. The lowest BCUT2D eigenvalue weighted by molar-refractivity contribution is 0.102. The van der Waals surface area contributed by atoms with Crippen LogP contribution in [0.3, 0.4) is 0 Å². The van der Waals surface area contributed by atoms with E-state index in [1.54, 1.807) is 61.5 Å². The van der Waals surface area contributed by atoms with E-state index in [9.17, 15) is 13.2 Å². The summed E-state index contributed by atoms with van der Waals surface area (Å²) in [4.78, 5) is 12.5. The van der Waals surface area contributed by atoms with Gasteiger partial charge >= 0.3 is 0 Å². The van der Waals surface area contributed by atoms with Gasteiger partial charge in [0, 0.05) is 22.0 Å². The van der Waals surface area contributed by atoms with Crippen molar-refractivity contribution in [2.75, 3.05) is 17.1 Å². The number of sulfonamides is 1. The van der Waals surface area contributed by atoms with E-state index in [1.807, 2.05) is 0 Å². The van der Waals surface area contributed by atoms with E-state index in [0.29, 0.717) is 33.3 Å². The highest BCUT2D eigenvalue weighted by Gasteiger charge is 2.18. The Morgan fingerprint density at radius 2 is 1.66 bits per heavy atom. The minimum atomic E-state index is -3.86. The molecule has 0 saturated heterocycles. The summed E-state index contributed by atoms with van der Waals surface area (Å²) in [5, 5.41) is 3.14. The average Bonchev–Trinajstić information content (AvgIpc) is 2.69. The first-order valence-corrected chi connectivity index (χ1v) is 10.5. The third kappa shape index (κ3) is 5.07. The molecule has 1 amide bonds. The molecule has 6 nitrogen and oxygen atoms in total. The normalized spacial score (nSPS) is 11.0. The Balaban J connectivity index is 1.84. The third-order valence-corrected chi connectivity index (χ3v) is 5.92. The summed E-state index contributed by atoms with van der Waals surface area (Å²) >= 11 is 5.92. The van der Waals surface area contributed by atoms with E-state index in [2.05, 4.69) is 10.0 Å². The van der Waals surface area contributed by atoms with Crippen LogP contribution in [0.1, 0.15) is 15.9 Å². The molecule has 0 aromatic heterocycles. The largest absolute Gasteiger partial charge is 0.497 e. The van der Waals surface area contributed by atoms with E-state index in [0.717, 1.165) is 0 Å². The smallest absolute Gasteiger partial charge is 0.262 e. The van der Waals surface area contributed by atoms with Gasteiger partial charge in [-0.15, -0.1) is 0 Å². The number of hydrogen-bond acceptors (Lipinski definition) is 4. The summed E-state index contributed by atoms with van der Waals surface area (Å²) < 4.78 is 33.3. The van der Waals surface area contributed by atoms with Crippen LogP contribution < -0.4 is 14.8 Å². The number of benzene rings is 3. The van der Waals surface area contributed by atoms with E-state index in [1.165, 1.54) is 19.2 Å². The molecule has 0 fully saturated rings. The number of carbonyl (C=O) groups excluding carboxylic acids is 1. The highest BCUT2D eigenvalue weighted by molar-refractivity contribution is 7.92. The number of halogens is 1. The molecule has 8 heteroatoms. The summed E-state index contributed by atoms with van der Waals surface area (Å²) in [7, 11) is -2.32. The number of anilines is 2. The number of methoxy groups -OCH3 is 1. The van der Waals surface area contributed by atoms with Crippen molar-refractivity contribution in [2.45, 2.75) is 11.8 Å². The zero-order valence-electron chi connectivity index (χ0n) is 15.8. The molecule has 3 aromatic carbocycles. The number of hydrogen-bond donors (Lipinski definition) is 2. The Kier molecular flexibility index (Phi) is 6.10. The van der Waals surface area contributed by atoms with Crippen molar-refractivity contribution in [1.29, 1.82) is 0 Å². The molecule has 0 heterocycles. The van der Waals surface area contributed by atoms with Crippen molar-refractivity contribution in [3.05, 3.63) is 82.9 Å². The van der Waals surface area contributed by atoms with Gasteiger partial charge in [-0.05, 0) is 67.1 Å². The maximum absolute atomic E-state index is 12.9.